The molecular weight excluding hydrogens is 467 g/mol. The van der Waals surface area contributed by atoms with Crippen molar-refractivity contribution in [2.45, 2.75) is 64.6 Å². The molecule has 1 saturated heterocycles. The Hall–Kier alpha value is -0.870. The molecule has 0 amide bonds. The van der Waals surface area contributed by atoms with E-state index >= 15 is 0 Å². The van der Waals surface area contributed by atoms with Gasteiger partial charge in [0.15, 0.2) is 5.96 Å². The van der Waals surface area contributed by atoms with Crippen molar-refractivity contribution in [3.63, 3.8) is 0 Å². The molecule has 1 aromatic rings. The minimum atomic E-state index is 0. The second kappa shape index (κ2) is 10.2. The molecule has 7 nitrogen and oxygen atoms in total. The Kier molecular flexibility index (Phi) is 8.57. The molecule has 0 spiro atoms. The number of aryl methyl sites for hydroxylation is 1. The van der Waals surface area contributed by atoms with Crippen molar-refractivity contribution >= 4 is 29.9 Å². The van der Waals surface area contributed by atoms with Crippen LogP contribution < -0.4 is 10.6 Å². The van der Waals surface area contributed by atoms with Crippen LogP contribution in [-0.4, -0.2) is 72.1 Å². The number of hydrogen-bond donors (Lipinski definition) is 2. The molecule has 8 heteroatoms. The summed E-state index contributed by atoms with van der Waals surface area (Å²) in [5, 5.41) is 11.9. The van der Waals surface area contributed by atoms with E-state index in [2.05, 4.69) is 59.1 Å². The van der Waals surface area contributed by atoms with Crippen LogP contribution in [0.1, 0.15) is 51.4 Å². The molecule has 1 atom stereocenters. The minimum absolute atomic E-state index is 0. The number of halogens is 1. The summed E-state index contributed by atoms with van der Waals surface area (Å²) in [6.07, 6.45) is 5.37. The highest BCUT2D eigenvalue weighted by atomic mass is 127. The summed E-state index contributed by atoms with van der Waals surface area (Å²) in [6, 6.07) is 0.796. The molecule has 3 rings (SSSR count). The Bertz CT molecular complexity index is 651. The van der Waals surface area contributed by atoms with Gasteiger partial charge in [0.1, 0.15) is 0 Å². The number of aliphatic imine (C=N–C) groups is 1. The van der Waals surface area contributed by atoms with Crippen molar-refractivity contribution in [1.82, 2.24) is 25.3 Å². The van der Waals surface area contributed by atoms with Crippen LogP contribution in [0.4, 0.5) is 0 Å². The van der Waals surface area contributed by atoms with Gasteiger partial charge in [-0.05, 0) is 46.1 Å². The normalized spacial score (nSPS) is 21.2. The Morgan fingerprint density at radius 3 is 2.71 bits per heavy atom. The van der Waals surface area contributed by atoms with Crippen LogP contribution in [0.25, 0.3) is 0 Å². The van der Waals surface area contributed by atoms with E-state index in [1.165, 1.54) is 11.3 Å². The topological polar surface area (TPSA) is 66.7 Å². The number of ether oxygens (including phenoxy) is 1. The average molecular weight is 504 g/mol. The lowest BCUT2D eigenvalue weighted by Crippen LogP contribution is -2.57. The third-order valence-corrected chi connectivity index (χ3v) is 5.75. The quantitative estimate of drug-likeness (QED) is 0.366. The van der Waals surface area contributed by atoms with Crippen LogP contribution in [0, 0.1) is 0 Å². The summed E-state index contributed by atoms with van der Waals surface area (Å²) in [4.78, 5) is 6.93. The number of rotatable bonds is 5. The van der Waals surface area contributed by atoms with Gasteiger partial charge >= 0.3 is 0 Å². The first kappa shape index (κ1) is 23.4. The highest BCUT2D eigenvalue weighted by Crippen LogP contribution is 2.22. The van der Waals surface area contributed by atoms with Crippen molar-refractivity contribution in [3.8, 4) is 0 Å². The molecule has 0 bridgehead atoms. The molecule has 2 aliphatic rings. The molecule has 160 valence electrons. The maximum absolute atomic E-state index is 5.48. The van der Waals surface area contributed by atoms with Gasteiger partial charge in [0.25, 0.3) is 0 Å². The predicted octanol–water partition coefficient (Wildman–Crippen LogP) is 2.22. The first-order chi connectivity index (χ1) is 12.9. The molecule has 0 saturated carbocycles. The highest BCUT2D eigenvalue weighted by molar-refractivity contribution is 14.0. The van der Waals surface area contributed by atoms with E-state index in [4.69, 9.17) is 9.84 Å². The number of morpholine rings is 1. The number of hydrogen-bond acceptors (Lipinski definition) is 4. The standard InChI is InChI=1S/C20H36N6O.HI/c1-15(2)26-13-16-6-7-17(12-18(16)24-26)23-19(21-5)22-14-20(3,4)25-8-10-27-11-9-25;/h13,15,17H,6-12,14H2,1-5H3,(H2,21,22,23);1H. The van der Waals surface area contributed by atoms with Gasteiger partial charge in [-0.15, -0.1) is 24.0 Å². The molecule has 28 heavy (non-hydrogen) atoms. The Morgan fingerprint density at radius 1 is 1.36 bits per heavy atom. The zero-order valence-corrected chi connectivity index (χ0v) is 20.3. The summed E-state index contributed by atoms with van der Waals surface area (Å²) in [5.41, 5.74) is 2.70. The van der Waals surface area contributed by atoms with Crippen LogP contribution in [0.3, 0.4) is 0 Å². The van der Waals surface area contributed by atoms with Crippen LogP contribution >= 0.6 is 24.0 Å². The van der Waals surface area contributed by atoms with E-state index in [0.29, 0.717) is 12.1 Å². The number of aromatic nitrogens is 2. The monoisotopic (exact) mass is 504 g/mol. The van der Waals surface area contributed by atoms with Gasteiger partial charge in [-0.1, -0.05) is 0 Å². The fourth-order valence-corrected chi connectivity index (χ4v) is 3.87. The lowest BCUT2D eigenvalue weighted by molar-refractivity contribution is -0.00835. The summed E-state index contributed by atoms with van der Waals surface area (Å²) < 4.78 is 7.57. The van der Waals surface area contributed by atoms with Gasteiger partial charge in [-0.25, -0.2) is 0 Å². The largest absolute Gasteiger partial charge is 0.379 e. The van der Waals surface area contributed by atoms with E-state index in [-0.39, 0.29) is 29.5 Å². The SMILES string of the molecule is CN=C(NCC(C)(C)N1CCOCC1)NC1CCc2cn(C(C)C)nc2C1.I. The molecule has 0 radical (unpaired) electrons. The summed E-state index contributed by atoms with van der Waals surface area (Å²) in [6.45, 7) is 13.4. The molecular formula is C20H37IN6O. The molecule has 2 heterocycles. The Morgan fingerprint density at radius 2 is 2.07 bits per heavy atom. The fraction of sp³-hybridized carbons (Fsp3) is 0.800. The van der Waals surface area contributed by atoms with Crippen molar-refractivity contribution in [2.75, 3.05) is 39.9 Å². The lowest BCUT2D eigenvalue weighted by Gasteiger charge is -2.41. The highest BCUT2D eigenvalue weighted by Gasteiger charge is 2.29. The number of nitrogens with zero attached hydrogens (tertiary/aromatic N) is 4. The maximum Gasteiger partial charge on any atom is 0.191 e. The fourth-order valence-electron chi connectivity index (χ4n) is 3.87. The van der Waals surface area contributed by atoms with Gasteiger partial charge in [0, 0.05) is 56.9 Å². The first-order valence-electron chi connectivity index (χ1n) is 10.3. The molecule has 0 aromatic carbocycles. The zero-order valence-electron chi connectivity index (χ0n) is 18.0. The first-order valence-corrected chi connectivity index (χ1v) is 10.3. The number of fused-ring (bicyclic) bond motifs is 1. The van der Waals surface area contributed by atoms with E-state index in [1.807, 2.05) is 7.05 Å². The van der Waals surface area contributed by atoms with E-state index in [9.17, 15) is 0 Å². The van der Waals surface area contributed by atoms with Gasteiger partial charge in [0.2, 0.25) is 0 Å². The van der Waals surface area contributed by atoms with Crippen LogP contribution in [0.5, 0.6) is 0 Å². The van der Waals surface area contributed by atoms with Gasteiger partial charge < -0.3 is 15.4 Å². The van der Waals surface area contributed by atoms with Crippen LogP contribution in [0.2, 0.25) is 0 Å². The van der Waals surface area contributed by atoms with Crippen molar-refractivity contribution in [2.24, 2.45) is 4.99 Å². The van der Waals surface area contributed by atoms with E-state index < -0.39 is 0 Å². The van der Waals surface area contributed by atoms with Gasteiger partial charge in [-0.2, -0.15) is 5.10 Å². The minimum Gasteiger partial charge on any atom is -0.379 e. The van der Waals surface area contributed by atoms with Crippen LogP contribution in [-0.2, 0) is 17.6 Å². The Labute approximate surface area is 186 Å². The summed E-state index contributed by atoms with van der Waals surface area (Å²) in [7, 11) is 1.85. The van der Waals surface area contributed by atoms with Crippen molar-refractivity contribution < 1.29 is 4.74 Å². The number of nitrogens with one attached hydrogen (secondary N) is 2. The second-order valence-corrected chi connectivity index (χ2v) is 8.60. The average Bonchev–Trinajstić information content (AvgIpc) is 3.09. The van der Waals surface area contributed by atoms with Crippen molar-refractivity contribution in [3.05, 3.63) is 17.5 Å². The van der Waals surface area contributed by atoms with Crippen molar-refractivity contribution in [1.29, 1.82) is 0 Å². The second-order valence-electron chi connectivity index (χ2n) is 8.60. The van der Waals surface area contributed by atoms with Gasteiger partial charge in [-0.3, -0.25) is 14.6 Å². The maximum atomic E-state index is 5.48. The predicted molar refractivity (Wildman–Crippen MR) is 125 cm³/mol. The molecule has 2 N–H and O–H groups in total. The third kappa shape index (κ3) is 5.82. The molecule has 1 aromatic heterocycles. The van der Waals surface area contributed by atoms with Crippen LogP contribution in [0.15, 0.2) is 11.2 Å². The molecule has 1 aliphatic heterocycles. The Balaban J connectivity index is 0.00000280. The summed E-state index contributed by atoms with van der Waals surface area (Å²) >= 11 is 0. The van der Waals surface area contributed by atoms with E-state index in [0.717, 1.165) is 58.1 Å². The summed E-state index contributed by atoms with van der Waals surface area (Å²) in [5.74, 6) is 0.882. The smallest absolute Gasteiger partial charge is 0.191 e. The molecule has 1 aliphatic carbocycles. The zero-order chi connectivity index (χ0) is 19.4. The van der Waals surface area contributed by atoms with E-state index in [1.54, 1.807) is 0 Å². The third-order valence-electron chi connectivity index (χ3n) is 5.75. The lowest BCUT2D eigenvalue weighted by atomic mass is 9.94. The molecule has 1 fully saturated rings. The number of guanidine groups is 1. The molecule has 1 unspecified atom stereocenters. The van der Waals surface area contributed by atoms with Gasteiger partial charge in [0.05, 0.1) is 18.9 Å².